The predicted molar refractivity (Wildman–Crippen MR) is 81.8 cm³/mol. The summed E-state index contributed by atoms with van der Waals surface area (Å²) in [6.07, 6.45) is 7.97. The zero-order valence-electron chi connectivity index (χ0n) is 12.1. The van der Waals surface area contributed by atoms with E-state index in [1.165, 1.54) is 24.8 Å². The maximum absolute atomic E-state index is 4.24. The molecule has 20 heavy (non-hydrogen) atoms. The van der Waals surface area contributed by atoms with Crippen LogP contribution in [0.4, 0.5) is 0 Å². The molecule has 0 aliphatic heterocycles. The predicted octanol–water partition coefficient (Wildman–Crippen LogP) is 3.40. The monoisotopic (exact) mass is 269 g/mol. The average molecular weight is 269 g/mol. The summed E-state index contributed by atoms with van der Waals surface area (Å²) in [6, 6.07) is 10.6. The van der Waals surface area contributed by atoms with Crippen LogP contribution in [0.25, 0.3) is 5.69 Å². The molecule has 2 unspecified atom stereocenters. The largest absolute Gasteiger partial charge is 0.312 e. The first-order chi connectivity index (χ1) is 9.81. The van der Waals surface area contributed by atoms with Crippen LogP contribution in [-0.4, -0.2) is 16.3 Å². The Hall–Kier alpha value is -1.61. The average Bonchev–Trinajstić information content (AvgIpc) is 3.11. The molecule has 0 radical (unpaired) electrons. The minimum Gasteiger partial charge on any atom is -0.312 e. The molecule has 1 aromatic heterocycles. The molecule has 0 spiro atoms. The van der Waals surface area contributed by atoms with Crippen molar-refractivity contribution in [1.82, 2.24) is 15.1 Å². The third-order valence-electron chi connectivity index (χ3n) is 4.27. The Morgan fingerprint density at radius 3 is 2.75 bits per heavy atom. The Morgan fingerprint density at radius 1 is 1.25 bits per heavy atom. The van der Waals surface area contributed by atoms with Crippen molar-refractivity contribution in [3.8, 4) is 5.69 Å². The number of benzene rings is 1. The Kier molecular flexibility index (Phi) is 4.16. The van der Waals surface area contributed by atoms with Crippen LogP contribution in [0, 0.1) is 11.8 Å². The summed E-state index contributed by atoms with van der Waals surface area (Å²) in [5, 5.41) is 7.83. The van der Waals surface area contributed by atoms with Gasteiger partial charge in [-0.1, -0.05) is 25.5 Å². The molecule has 3 heteroatoms. The summed E-state index contributed by atoms with van der Waals surface area (Å²) < 4.78 is 1.89. The van der Waals surface area contributed by atoms with Gasteiger partial charge in [-0.15, -0.1) is 0 Å². The summed E-state index contributed by atoms with van der Waals surface area (Å²) in [4.78, 5) is 0. The second kappa shape index (κ2) is 6.23. The second-order valence-electron chi connectivity index (χ2n) is 6.03. The van der Waals surface area contributed by atoms with Crippen LogP contribution < -0.4 is 5.32 Å². The van der Waals surface area contributed by atoms with Gasteiger partial charge in [0.05, 0.1) is 5.69 Å². The van der Waals surface area contributed by atoms with E-state index in [2.05, 4.69) is 41.6 Å². The molecule has 3 rings (SSSR count). The summed E-state index contributed by atoms with van der Waals surface area (Å²) >= 11 is 0. The SMILES string of the molecule is CC1CCC(CNCc2ccc(-n3cccn3)cc2)C1. The van der Waals surface area contributed by atoms with Crippen LogP contribution in [0.1, 0.15) is 31.7 Å². The number of nitrogens with zero attached hydrogens (tertiary/aromatic N) is 2. The van der Waals surface area contributed by atoms with Crippen LogP contribution in [0.2, 0.25) is 0 Å². The Labute approximate surface area is 121 Å². The first-order valence-electron chi connectivity index (χ1n) is 7.61. The summed E-state index contributed by atoms with van der Waals surface area (Å²) in [5.74, 6) is 1.81. The molecule has 106 valence electrons. The van der Waals surface area contributed by atoms with Gasteiger partial charge >= 0.3 is 0 Å². The van der Waals surface area contributed by atoms with Crippen molar-refractivity contribution < 1.29 is 0 Å². The van der Waals surface area contributed by atoms with E-state index in [4.69, 9.17) is 0 Å². The molecule has 1 aliphatic rings. The molecule has 3 nitrogen and oxygen atoms in total. The first kappa shape index (κ1) is 13.4. The van der Waals surface area contributed by atoms with Gasteiger partial charge in [0.2, 0.25) is 0 Å². The topological polar surface area (TPSA) is 29.9 Å². The number of hydrogen-bond acceptors (Lipinski definition) is 2. The van der Waals surface area contributed by atoms with Gasteiger partial charge in [0.25, 0.3) is 0 Å². The Morgan fingerprint density at radius 2 is 2.10 bits per heavy atom. The minimum absolute atomic E-state index is 0.883. The molecule has 0 amide bonds. The molecular weight excluding hydrogens is 246 g/mol. The van der Waals surface area contributed by atoms with Crippen molar-refractivity contribution in [1.29, 1.82) is 0 Å². The maximum Gasteiger partial charge on any atom is 0.0645 e. The normalized spacial score (nSPS) is 22.2. The molecule has 2 atom stereocenters. The second-order valence-corrected chi connectivity index (χ2v) is 6.03. The number of rotatable bonds is 5. The van der Waals surface area contributed by atoms with E-state index in [0.717, 1.165) is 30.6 Å². The molecule has 0 saturated heterocycles. The fourth-order valence-corrected chi connectivity index (χ4v) is 3.12. The van der Waals surface area contributed by atoms with Crippen molar-refractivity contribution in [3.05, 3.63) is 48.3 Å². The van der Waals surface area contributed by atoms with E-state index in [1.54, 1.807) is 6.20 Å². The van der Waals surface area contributed by atoms with Gasteiger partial charge in [0.15, 0.2) is 0 Å². The van der Waals surface area contributed by atoms with Crippen LogP contribution in [0.15, 0.2) is 42.7 Å². The molecule has 1 saturated carbocycles. The van der Waals surface area contributed by atoms with Gasteiger partial charge in [-0.2, -0.15) is 5.10 Å². The zero-order chi connectivity index (χ0) is 13.8. The highest BCUT2D eigenvalue weighted by Crippen LogP contribution is 2.29. The van der Waals surface area contributed by atoms with Crippen LogP contribution >= 0.6 is 0 Å². The van der Waals surface area contributed by atoms with E-state index in [0.29, 0.717) is 0 Å². The van der Waals surface area contributed by atoms with Crippen LogP contribution in [0.3, 0.4) is 0 Å². The smallest absolute Gasteiger partial charge is 0.0645 e. The van der Waals surface area contributed by atoms with Crippen molar-refractivity contribution in [2.45, 2.75) is 32.7 Å². The van der Waals surface area contributed by atoms with Gasteiger partial charge in [-0.3, -0.25) is 0 Å². The molecule has 0 bridgehead atoms. The fourth-order valence-electron chi connectivity index (χ4n) is 3.12. The van der Waals surface area contributed by atoms with E-state index in [1.807, 2.05) is 16.9 Å². The lowest BCUT2D eigenvalue weighted by Crippen LogP contribution is -2.20. The minimum atomic E-state index is 0.883. The van der Waals surface area contributed by atoms with E-state index >= 15 is 0 Å². The molecule has 1 aliphatic carbocycles. The van der Waals surface area contributed by atoms with Gasteiger partial charge in [0, 0.05) is 18.9 Å². The van der Waals surface area contributed by atoms with Crippen molar-refractivity contribution in [2.75, 3.05) is 6.54 Å². The van der Waals surface area contributed by atoms with E-state index < -0.39 is 0 Å². The molecule has 1 aromatic carbocycles. The third-order valence-corrected chi connectivity index (χ3v) is 4.27. The quantitative estimate of drug-likeness (QED) is 0.901. The maximum atomic E-state index is 4.24. The fraction of sp³-hybridized carbons (Fsp3) is 0.471. The molecule has 1 fully saturated rings. The standard InChI is InChI=1S/C17H23N3/c1-14-3-4-16(11-14)13-18-12-15-5-7-17(8-6-15)20-10-2-9-19-20/h2,5-10,14,16,18H,3-4,11-13H2,1H3. The van der Waals surface area contributed by atoms with Crippen molar-refractivity contribution in [3.63, 3.8) is 0 Å². The highest BCUT2D eigenvalue weighted by Gasteiger charge is 2.20. The highest BCUT2D eigenvalue weighted by atomic mass is 15.3. The van der Waals surface area contributed by atoms with Crippen molar-refractivity contribution in [2.24, 2.45) is 11.8 Å². The number of aromatic nitrogens is 2. The summed E-state index contributed by atoms with van der Waals surface area (Å²) in [5.41, 5.74) is 2.45. The van der Waals surface area contributed by atoms with Crippen LogP contribution in [-0.2, 0) is 6.54 Å². The molecular formula is C17H23N3. The van der Waals surface area contributed by atoms with Crippen molar-refractivity contribution >= 4 is 0 Å². The Balaban J connectivity index is 1.49. The summed E-state index contributed by atoms with van der Waals surface area (Å²) in [7, 11) is 0. The van der Waals surface area contributed by atoms with E-state index in [9.17, 15) is 0 Å². The number of nitrogens with one attached hydrogen (secondary N) is 1. The lowest BCUT2D eigenvalue weighted by atomic mass is 10.1. The van der Waals surface area contributed by atoms with Crippen LogP contribution in [0.5, 0.6) is 0 Å². The van der Waals surface area contributed by atoms with Gasteiger partial charge in [-0.05, 0) is 55.0 Å². The first-order valence-corrected chi connectivity index (χ1v) is 7.61. The number of hydrogen-bond donors (Lipinski definition) is 1. The summed E-state index contributed by atoms with van der Waals surface area (Å²) in [6.45, 7) is 4.49. The van der Waals surface area contributed by atoms with E-state index in [-0.39, 0.29) is 0 Å². The lowest BCUT2D eigenvalue weighted by molar-refractivity contribution is 0.470. The molecule has 1 heterocycles. The lowest BCUT2D eigenvalue weighted by Gasteiger charge is -2.11. The third kappa shape index (κ3) is 3.28. The Bertz CT molecular complexity index is 516. The van der Waals surface area contributed by atoms with Gasteiger partial charge < -0.3 is 5.32 Å². The van der Waals surface area contributed by atoms with Gasteiger partial charge in [-0.25, -0.2) is 4.68 Å². The highest BCUT2D eigenvalue weighted by molar-refractivity contribution is 5.33. The molecule has 2 aromatic rings. The van der Waals surface area contributed by atoms with Gasteiger partial charge in [0.1, 0.15) is 0 Å². The zero-order valence-corrected chi connectivity index (χ0v) is 12.1. The molecule has 1 N–H and O–H groups in total.